The standard InChI is InChI=1S/C24H27N/c1-2-3-4-5-6-7-8-10-18-23-20-21-15-13-14-19-24(21)25(23)22-16-11-9-12-17-22/h9,11-17,19-20H,2-8H2,1H3. The first-order valence-electron chi connectivity index (χ1n) is 9.55. The molecule has 0 spiro atoms. The van der Waals surface area contributed by atoms with Crippen LogP contribution in [-0.2, 0) is 0 Å². The Kier molecular flexibility index (Phi) is 6.35. The summed E-state index contributed by atoms with van der Waals surface area (Å²) in [6, 6.07) is 21.2. The lowest BCUT2D eigenvalue weighted by Gasteiger charge is -2.07. The molecule has 0 aliphatic carbocycles. The maximum Gasteiger partial charge on any atom is 0.0976 e. The van der Waals surface area contributed by atoms with Crippen LogP contribution in [0.4, 0.5) is 0 Å². The van der Waals surface area contributed by atoms with Crippen LogP contribution in [0.25, 0.3) is 16.6 Å². The quantitative estimate of drug-likeness (QED) is 0.334. The van der Waals surface area contributed by atoms with Crippen molar-refractivity contribution in [3.05, 3.63) is 66.4 Å². The van der Waals surface area contributed by atoms with E-state index >= 15 is 0 Å². The van der Waals surface area contributed by atoms with Crippen molar-refractivity contribution in [1.29, 1.82) is 0 Å². The summed E-state index contributed by atoms with van der Waals surface area (Å²) in [5, 5.41) is 1.25. The van der Waals surface area contributed by atoms with E-state index in [9.17, 15) is 0 Å². The van der Waals surface area contributed by atoms with Crippen molar-refractivity contribution < 1.29 is 0 Å². The molecule has 0 N–H and O–H groups in total. The van der Waals surface area contributed by atoms with Crippen LogP contribution in [0, 0.1) is 11.8 Å². The second kappa shape index (κ2) is 9.14. The average Bonchev–Trinajstić information content (AvgIpc) is 3.03. The Morgan fingerprint density at radius 1 is 0.800 bits per heavy atom. The normalized spacial score (nSPS) is 10.6. The van der Waals surface area contributed by atoms with Gasteiger partial charge in [-0.1, -0.05) is 81.3 Å². The van der Waals surface area contributed by atoms with E-state index in [2.05, 4.69) is 84.0 Å². The molecule has 0 aliphatic rings. The van der Waals surface area contributed by atoms with Crippen molar-refractivity contribution >= 4 is 10.9 Å². The van der Waals surface area contributed by atoms with Crippen LogP contribution in [0.15, 0.2) is 60.7 Å². The van der Waals surface area contributed by atoms with Gasteiger partial charge in [-0.25, -0.2) is 0 Å². The summed E-state index contributed by atoms with van der Waals surface area (Å²) in [6.45, 7) is 2.26. The van der Waals surface area contributed by atoms with E-state index in [4.69, 9.17) is 0 Å². The zero-order chi connectivity index (χ0) is 17.3. The van der Waals surface area contributed by atoms with Crippen LogP contribution in [0.1, 0.15) is 57.6 Å². The predicted molar refractivity (Wildman–Crippen MR) is 108 cm³/mol. The fraction of sp³-hybridized carbons (Fsp3) is 0.333. The number of fused-ring (bicyclic) bond motifs is 1. The fourth-order valence-electron chi connectivity index (χ4n) is 3.25. The minimum absolute atomic E-state index is 0.989. The summed E-state index contributed by atoms with van der Waals surface area (Å²) < 4.78 is 2.27. The van der Waals surface area contributed by atoms with Crippen molar-refractivity contribution in [3.63, 3.8) is 0 Å². The van der Waals surface area contributed by atoms with Crippen molar-refractivity contribution in [3.8, 4) is 17.5 Å². The van der Waals surface area contributed by atoms with Gasteiger partial charge in [0.25, 0.3) is 0 Å². The fourth-order valence-corrected chi connectivity index (χ4v) is 3.25. The van der Waals surface area contributed by atoms with Crippen molar-refractivity contribution in [1.82, 2.24) is 4.57 Å². The van der Waals surface area contributed by atoms with Crippen LogP contribution in [0.3, 0.4) is 0 Å². The first kappa shape index (κ1) is 17.4. The number of unbranched alkanes of at least 4 members (excludes halogenated alkanes) is 6. The highest BCUT2D eigenvalue weighted by Crippen LogP contribution is 2.23. The molecule has 0 saturated carbocycles. The molecule has 0 fully saturated rings. The molecule has 2 aromatic carbocycles. The second-order valence-corrected chi connectivity index (χ2v) is 6.58. The molecule has 0 radical (unpaired) electrons. The van der Waals surface area contributed by atoms with Gasteiger partial charge in [-0.3, -0.25) is 0 Å². The first-order chi connectivity index (χ1) is 12.4. The average molecular weight is 329 g/mol. The largest absolute Gasteiger partial charge is 0.303 e. The maximum absolute atomic E-state index is 3.42. The lowest BCUT2D eigenvalue weighted by Crippen LogP contribution is -1.96. The van der Waals surface area contributed by atoms with Gasteiger partial charge in [0.2, 0.25) is 0 Å². The number of rotatable bonds is 7. The minimum atomic E-state index is 0.989. The van der Waals surface area contributed by atoms with E-state index in [0.29, 0.717) is 0 Å². The van der Waals surface area contributed by atoms with Gasteiger partial charge in [0, 0.05) is 17.5 Å². The highest BCUT2D eigenvalue weighted by Gasteiger charge is 2.08. The molecule has 25 heavy (non-hydrogen) atoms. The number of nitrogens with zero attached hydrogens (tertiary/aromatic N) is 1. The number of hydrogen-bond acceptors (Lipinski definition) is 0. The Hall–Kier alpha value is -2.46. The highest BCUT2D eigenvalue weighted by molar-refractivity contribution is 5.84. The molecule has 1 aromatic heterocycles. The Balaban J connectivity index is 1.75. The van der Waals surface area contributed by atoms with Gasteiger partial charge in [0.05, 0.1) is 11.2 Å². The molecule has 0 unspecified atom stereocenters. The maximum atomic E-state index is 3.42. The van der Waals surface area contributed by atoms with Crippen LogP contribution >= 0.6 is 0 Å². The monoisotopic (exact) mass is 329 g/mol. The minimum Gasteiger partial charge on any atom is -0.303 e. The topological polar surface area (TPSA) is 4.93 Å². The van der Waals surface area contributed by atoms with Crippen molar-refractivity contribution in [2.24, 2.45) is 0 Å². The molecule has 1 heterocycles. The van der Waals surface area contributed by atoms with E-state index < -0.39 is 0 Å². The molecule has 0 saturated heterocycles. The smallest absolute Gasteiger partial charge is 0.0976 e. The molecule has 0 amide bonds. The van der Waals surface area contributed by atoms with E-state index in [0.717, 1.165) is 12.1 Å². The van der Waals surface area contributed by atoms with Gasteiger partial charge in [-0.05, 0) is 36.6 Å². The van der Waals surface area contributed by atoms with Gasteiger partial charge in [-0.2, -0.15) is 0 Å². The zero-order valence-corrected chi connectivity index (χ0v) is 15.2. The molecule has 128 valence electrons. The Labute approximate surface area is 151 Å². The van der Waals surface area contributed by atoms with Crippen molar-refractivity contribution in [2.75, 3.05) is 0 Å². The predicted octanol–water partition coefficient (Wildman–Crippen LogP) is 6.73. The number of aromatic nitrogens is 1. The van der Waals surface area contributed by atoms with Crippen LogP contribution in [0.5, 0.6) is 0 Å². The first-order valence-corrected chi connectivity index (χ1v) is 9.55. The Morgan fingerprint density at radius 3 is 2.36 bits per heavy atom. The van der Waals surface area contributed by atoms with Crippen LogP contribution in [0.2, 0.25) is 0 Å². The number of para-hydroxylation sites is 2. The number of hydrogen-bond donors (Lipinski definition) is 0. The van der Waals surface area contributed by atoms with E-state index in [1.807, 2.05) is 0 Å². The molecule has 3 rings (SSSR count). The molecule has 3 aromatic rings. The Bertz CT molecular complexity index is 846. The third kappa shape index (κ3) is 4.54. The van der Waals surface area contributed by atoms with Crippen LogP contribution in [-0.4, -0.2) is 4.57 Å². The lowest BCUT2D eigenvalue weighted by atomic mass is 10.1. The van der Waals surface area contributed by atoms with E-state index in [1.54, 1.807) is 0 Å². The van der Waals surface area contributed by atoms with Gasteiger partial charge in [0.1, 0.15) is 0 Å². The molecule has 0 aliphatic heterocycles. The zero-order valence-electron chi connectivity index (χ0n) is 15.2. The van der Waals surface area contributed by atoms with Crippen molar-refractivity contribution in [2.45, 2.75) is 51.9 Å². The van der Waals surface area contributed by atoms with Gasteiger partial charge in [-0.15, -0.1) is 0 Å². The SMILES string of the molecule is CCCCCCCCC#Cc1cc2ccccc2n1-c1ccccc1. The molecule has 1 nitrogen and oxygen atoms in total. The number of benzene rings is 2. The molecular formula is C24H27N. The van der Waals surface area contributed by atoms with E-state index in [1.165, 1.54) is 55.1 Å². The van der Waals surface area contributed by atoms with Gasteiger partial charge >= 0.3 is 0 Å². The molecule has 1 heteroatoms. The second-order valence-electron chi connectivity index (χ2n) is 6.58. The van der Waals surface area contributed by atoms with Crippen LogP contribution < -0.4 is 0 Å². The molecule has 0 bridgehead atoms. The molecule has 0 atom stereocenters. The third-order valence-corrected chi connectivity index (χ3v) is 4.60. The summed E-state index contributed by atoms with van der Waals surface area (Å²) >= 11 is 0. The highest BCUT2D eigenvalue weighted by atomic mass is 15.0. The van der Waals surface area contributed by atoms with E-state index in [-0.39, 0.29) is 0 Å². The molecular weight excluding hydrogens is 302 g/mol. The van der Waals surface area contributed by atoms with Gasteiger partial charge in [0.15, 0.2) is 0 Å². The summed E-state index contributed by atoms with van der Waals surface area (Å²) in [5.41, 5.74) is 3.48. The summed E-state index contributed by atoms with van der Waals surface area (Å²) in [7, 11) is 0. The summed E-state index contributed by atoms with van der Waals surface area (Å²) in [5.74, 6) is 6.81. The third-order valence-electron chi connectivity index (χ3n) is 4.60. The van der Waals surface area contributed by atoms with Gasteiger partial charge < -0.3 is 4.57 Å². The summed E-state index contributed by atoms with van der Waals surface area (Å²) in [4.78, 5) is 0. The summed E-state index contributed by atoms with van der Waals surface area (Å²) in [6.07, 6.45) is 8.89. The Morgan fingerprint density at radius 2 is 1.52 bits per heavy atom. The lowest BCUT2D eigenvalue weighted by molar-refractivity contribution is 0.614.